The monoisotopic (exact) mass is 554 g/mol. The van der Waals surface area contributed by atoms with Crippen molar-refractivity contribution in [2.45, 2.75) is 20.8 Å². The van der Waals surface area contributed by atoms with Gasteiger partial charge < -0.3 is 24.4 Å². The summed E-state index contributed by atoms with van der Waals surface area (Å²) in [5, 5.41) is 2.96. The molecule has 166 valence electrons. The van der Waals surface area contributed by atoms with Crippen LogP contribution in [0.15, 0.2) is 24.3 Å². The molecular weight excluding hydrogens is 527 g/mol. The Morgan fingerprint density at radius 2 is 1.81 bits per heavy atom. The number of aryl methyl sites for hydroxylation is 3. The Hall–Kier alpha value is -1.91. The molecule has 0 unspecified atom stereocenters. The van der Waals surface area contributed by atoms with E-state index in [4.69, 9.17) is 26.4 Å². The minimum absolute atomic E-state index is 0.119. The zero-order chi connectivity index (χ0) is 22.5. The van der Waals surface area contributed by atoms with Gasteiger partial charge in [0.15, 0.2) is 18.1 Å². The number of ether oxygens (including phenoxy) is 3. The van der Waals surface area contributed by atoms with E-state index in [2.05, 4.69) is 32.8 Å². The van der Waals surface area contributed by atoms with E-state index in [1.54, 1.807) is 7.11 Å². The van der Waals surface area contributed by atoms with E-state index >= 15 is 0 Å². The number of carbonyl (C=O) groups excluding carboxylic acids is 1. The van der Waals surface area contributed by atoms with Crippen LogP contribution in [-0.2, 0) is 9.53 Å². The molecule has 31 heavy (non-hydrogen) atoms. The zero-order valence-corrected chi connectivity index (χ0v) is 21.2. The van der Waals surface area contributed by atoms with Gasteiger partial charge >= 0.3 is 0 Å². The summed E-state index contributed by atoms with van der Waals surface area (Å²) in [4.78, 5) is 15.4. The fourth-order valence-electron chi connectivity index (χ4n) is 3.62. The van der Waals surface area contributed by atoms with Gasteiger partial charge in [0, 0.05) is 24.3 Å². The van der Waals surface area contributed by atoms with Crippen LogP contribution in [0.5, 0.6) is 11.5 Å². The molecule has 0 saturated carbocycles. The van der Waals surface area contributed by atoms with Crippen LogP contribution in [0.3, 0.4) is 0 Å². The Morgan fingerprint density at radius 3 is 2.42 bits per heavy atom. The van der Waals surface area contributed by atoms with Crippen molar-refractivity contribution in [1.82, 2.24) is 4.90 Å². The van der Waals surface area contributed by atoms with Gasteiger partial charge in [0.05, 0.1) is 23.9 Å². The molecule has 1 N–H and O–H groups in total. The summed E-state index contributed by atoms with van der Waals surface area (Å²) in [6.07, 6.45) is 0. The van der Waals surface area contributed by atoms with Crippen LogP contribution in [0.25, 0.3) is 0 Å². The molecule has 1 heterocycles. The molecule has 8 heteroatoms. The Bertz CT molecular complexity index is 967. The van der Waals surface area contributed by atoms with Crippen molar-refractivity contribution in [1.29, 1.82) is 0 Å². The molecule has 0 aromatic heterocycles. The zero-order valence-electron chi connectivity index (χ0n) is 18.2. The molecule has 1 amide bonds. The highest BCUT2D eigenvalue weighted by molar-refractivity contribution is 14.1. The fraction of sp³-hybridized carbons (Fsp3) is 0.391. The van der Waals surface area contributed by atoms with Crippen molar-refractivity contribution in [3.05, 3.63) is 50.1 Å². The van der Waals surface area contributed by atoms with E-state index in [0.29, 0.717) is 24.7 Å². The van der Waals surface area contributed by atoms with Gasteiger partial charge in [-0.25, -0.2) is 0 Å². The molecule has 2 aromatic carbocycles. The van der Waals surface area contributed by atoms with Crippen molar-refractivity contribution in [3.63, 3.8) is 0 Å². The van der Waals surface area contributed by atoms with E-state index in [-0.39, 0.29) is 12.5 Å². The van der Waals surface area contributed by atoms with Crippen molar-refractivity contribution in [2.75, 3.05) is 45.3 Å². The molecule has 1 saturated heterocycles. The summed E-state index contributed by atoms with van der Waals surface area (Å²) in [5.41, 5.74) is 4.93. The maximum absolute atomic E-state index is 12.5. The van der Waals surface area contributed by atoms with E-state index < -0.39 is 0 Å². The second-order valence-electron chi connectivity index (χ2n) is 7.50. The van der Waals surface area contributed by atoms with Gasteiger partial charge in [-0.15, -0.1) is 0 Å². The Labute approximate surface area is 202 Å². The SMILES string of the molecule is COc1cc(C(=S)N2CCOCC2)cc(I)c1OCC(=O)Nc1c(C)cc(C)cc1C. The van der Waals surface area contributed by atoms with Gasteiger partial charge in [0.1, 0.15) is 4.99 Å². The maximum atomic E-state index is 12.5. The lowest BCUT2D eigenvalue weighted by molar-refractivity contribution is -0.118. The first-order chi connectivity index (χ1) is 14.8. The Morgan fingerprint density at radius 1 is 1.16 bits per heavy atom. The number of carbonyl (C=O) groups is 1. The molecule has 0 atom stereocenters. The number of anilines is 1. The molecular formula is C23H27IN2O4S. The maximum Gasteiger partial charge on any atom is 0.262 e. The van der Waals surface area contributed by atoms with Crippen molar-refractivity contribution in [2.24, 2.45) is 0 Å². The van der Waals surface area contributed by atoms with E-state index in [0.717, 1.165) is 44.0 Å². The normalized spacial score (nSPS) is 13.6. The molecule has 0 aliphatic carbocycles. The number of morpholine rings is 1. The predicted octanol–water partition coefficient (Wildman–Crippen LogP) is 4.25. The molecule has 1 fully saturated rings. The van der Waals surface area contributed by atoms with Crippen molar-refractivity contribution < 1.29 is 19.0 Å². The number of hydrogen-bond acceptors (Lipinski definition) is 5. The third kappa shape index (κ3) is 5.87. The van der Waals surface area contributed by atoms with Gasteiger partial charge in [0.2, 0.25) is 0 Å². The Balaban J connectivity index is 1.71. The summed E-state index contributed by atoms with van der Waals surface area (Å²) in [6, 6.07) is 7.92. The summed E-state index contributed by atoms with van der Waals surface area (Å²) < 4.78 is 17.6. The average molecular weight is 554 g/mol. The lowest BCUT2D eigenvalue weighted by Gasteiger charge is -2.29. The lowest BCUT2D eigenvalue weighted by atomic mass is 10.1. The first-order valence-electron chi connectivity index (χ1n) is 10.0. The number of nitrogens with zero attached hydrogens (tertiary/aromatic N) is 1. The molecule has 0 spiro atoms. The summed E-state index contributed by atoms with van der Waals surface area (Å²) in [5.74, 6) is 0.859. The van der Waals surface area contributed by atoms with Crippen LogP contribution in [0, 0.1) is 24.3 Å². The second kappa shape index (κ2) is 10.6. The number of methoxy groups -OCH3 is 1. The second-order valence-corrected chi connectivity index (χ2v) is 9.05. The highest BCUT2D eigenvalue weighted by atomic mass is 127. The number of thiocarbonyl (C=S) groups is 1. The number of amides is 1. The molecule has 0 bridgehead atoms. The topological polar surface area (TPSA) is 60.0 Å². The highest BCUT2D eigenvalue weighted by Crippen LogP contribution is 2.34. The van der Waals surface area contributed by atoms with Crippen LogP contribution < -0.4 is 14.8 Å². The van der Waals surface area contributed by atoms with Crippen molar-refractivity contribution in [3.8, 4) is 11.5 Å². The molecule has 2 aromatic rings. The highest BCUT2D eigenvalue weighted by Gasteiger charge is 2.20. The van der Waals surface area contributed by atoms with Gasteiger partial charge in [-0.1, -0.05) is 29.9 Å². The van der Waals surface area contributed by atoms with Crippen LogP contribution in [0.2, 0.25) is 0 Å². The number of benzene rings is 2. The fourth-order valence-corrected chi connectivity index (χ4v) is 4.68. The van der Waals surface area contributed by atoms with E-state index in [1.165, 1.54) is 5.56 Å². The van der Waals surface area contributed by atoms with Crippen molar-refractivity contribution >= 4 is 51.4 Å². The summed E-state index contributed by atoms with van der Waals surface area (Å²) in [6.45, 7) is 8.78. The third-order valence-corrected chi connectivity index (χ3v) is 6.36. The van der Waals surface area contributed by atoms with Crippen LogP contribution in [-0.4, -0.2) is 55.8 Å². The third-order valence-electron chi connectivity index (χ3n) is 5.06. The standard InChI is InChI=1S/C23H27IN2O4S/c1-14-9-15(2)21(16(3)10-14)25-20(27)13-30-22-18(24)11-17(12-19(22)28-4)23(31)26-5-7-29-8-6-26/h9-12H,5-8,13H2,1-4H3,(H,25,27). The first-order valence-corrected chi connectivity index (χ1v) is 11.5. The quantitative estimate of drug-likeness (QED) is 0.426. The average Bonchev–Trinajstić information content (AvgIpc) is 2.74. The largest absolute Gasteiger partial charge is 0.493 e. The number of halogens is 1. The lowest BCUT2D eigenvalue weighted by Crippen LogP contribution is -2.40. The number of nitrogens with one attached hydrogen (secondary N) is 1. The molecule has 0 radical (unpaired) electrons. The van der Waals surface area contributed by atoms with Gasteiger partial charge in [-0.2, -0.15) is 0 Å². The number of hydrogen-bond donors (Lipinski definition) is 1. The first kappa shape index (κ1) is 23.7. The summed E-state index contributed by atoms with van der Waals surface area (Å²) in [7, 11) is 1.58. The van der Waals surface area contributed by atoms with Gasteiger partial charge in [0.25, 0.3) is 5.91 Å². The molecule has 6 nitrogen and oxygen atoms in total. The molecule has 3 rings (SSSR count). The van der Waals surface area contributed by atoms with E-state index in [9.17, 15) is 4.79 Å². The van der Waals surface area contributed by atoms with Gasteiger partial charge in [-0.3, -0.25) is 4.79 Å². The predicted molar refractivity (Wildman–Crippen MR) is 135 cm³/mol. The van der Waals surface area contributed by atoms with Crippen LogP contribution in [0.4, 0.5) is 5.69 Å². The minimum Gasteiger partial charge on any atom is -0.493 e. The minimum atomic E-state index is -0.221. The Kier molecular flexibility index (Phi) is 8.12. The molecule has 1 aliphatic heterocycles. The number of rotatable bonds is 6. The molecule has 1 aliphatic rings. The smallest absolute Gasteiger partial charge is 0.262 e. The van der Waals surface area contributed by atoms with Crippen LogP contribution >= 0.6 is 34.8 Å². The van der Waals surface area contributed by atoms with Crippen LogP contribution in [0.1, 0.15) is 22.3 Å². The van der Waals surface area contributed by atoms with Gasteiger partial charge in [-0.05, 0) is 66.6 Å². The van der Waals surface area contributed by atoms with E-state index in [1.807, 2.05) is 45.0 Å². The summed E-state index contributed by atoms with van der Waals surface area (Å²) >= 11 is 7.85.